The Morgan fingerprint density at radius 1 is 1.29 bits per heavy atom. The first-order chi connectivity index (χ1) is 6.81. The highest BCUT2D eigenvalue weighted by atomic mass is 16.5. The monoisotopic (exact) mass is 189 g/mol. The Balaban J connectivity index is 2.37. The molecule has 0 aliphatic carbocycles. The predicted molar refractivity (Wildman–Crippen MR) is 58.3 cm³/mol. The molecule has 74 valence electrons. The number of fused-ring (bicyclic) bond motifs is 1. The maximum Gasteiger partial charge on any atom is 0.122 e. The zero-order valence-electron chi connectivity index (χ0n) is 8.66. The van der Waals surface area contributed by atoms with Crippen molar-refractivity contribution in [2.45, 2.75) is 20.6 Å². The summed E-state index contributed by atoms with van der Waals surface area (Å²) in [6.45, 7) is 5.52. The van der Waals surface area contributed by atoms with Crippen molar-refractivity contribution < 1.29 is 4.74 Å². The molecule has 0 amide bonds. The summed E-state index contributed by atoms with van der Waals surface area (Å²) >= 11 is 0. The molecule has 0 N–H and O–H groups in total. The van der Waals surface area contributed by atoms with E-state index in [1.54, 1.807) is 0 Å². The van der Waals surface area contributed by atoms with Gasteiger partial charge < -0.3 is 9.30 Å². The fourth-order valence-corrected chi connectivity index (χ4v) is 1.62. The van der Waals surface area contributed by atoms with Crippen LogP contribution in [-0.2, 0) is 11.5 Å². The molecule has 1 heterocycles. The second kappa shape index (κ2) is 3.84. The van der Waals surface area contributed by atoms with Crippen LogP contribution in [0.15, 0.2) is 30.5 Å². The molecule has 1 aromatic carbocycles. The summed E-state index contributed by atoms with van der Waals surface area (Å²) in [5.41, 5.74) is 2.54. The third-order valence-corrected chi connectivity index (χ3v) is 2.36. The van der Waals surface area contributed by atoms with Crippen LogP contribution in [0.5, 0.6) is 0 Å². The summed E-state index contributed by atoms with van der Waals surface area (Å²) in [4.78, 5) is 0. The van der Waals surface area contributed by atoms with Gasteiger partial charge in [-0.05, 0) is 37.4 Å². The van der Waals surface area contributed by atoms with Crippen LogP contribution in [0, 0.1) is 6.92 Å². The van der Waals surface area contributed by atoms with Crippen LogP contribution in [0.2, 0.25) is 0 Å². The third kappa shape index (κ3) is 1.66. The molecule has 14 heavy (non-hydrogen) atoms. The van der Waals surface area contributed by atoms with E-state index in [2.05, 4.69) is 42.0 Å². The molecule has 0 saturated heterocycles. The van der Waals surface area contributed by atoms with Crippen LogP contribution >= 0.6 is 0 Å². The summed E-state index contributed by atoms with van der Waals surface area (Å²) in [5.74, 6) is 0. The Bertz CT molecular complexity index is 431. The van der Waals surface area contributed by atoms with Crippen molar-refractivity contribution >= 4 is 10.9 Å². The zero-order valence-corrected chi connectivity index (χ0v) is 8.66. The molecule has 2 rings (SSSR count). The van der Waals surface area contributed by atoms with Crippen molar-refractivity contribution in [3.8, 4) is 0 Å². The SMILES string of the molecule is CCOCn1ccc2cc(C)ccc21. The molecule has 0 saturated carbocycles. The lowest BCUT2D eigenvalue weighted by molar-refractivity contribution is 0.0909. The van der Waals surface area contributed by atoms with Gasteiger partial charge in [0.2, 0.25) is 0 Å². The van der Waals surface area contributed by atoms with Crippen LogP contribution in [0.3, 0.4) is 0 Å². The molecule has 1 aromatic heterocycles. The van der Waals surface area contributed by atoms with Gasteiger partial charge >= 0.3 is 0 Å². The van der Waals surface area contributed by atoms with Gasteiger partial charge in [-0.25, -0.2) is 0 Å². The van der Waals surface area contributed by atoms with Crippen LogP contribution in [0.4, 0.5) is 0 Å². The minimum Gasteiger partial charge on any atom is -0.361 e. The van der Waals surface area contributed by atoms with Gasteiger partial charge in [0.15, 0.2) is 0 Å². The topological polar surface area (TPSA) is 14.2 Å². The molecule has 0 radical (unpaired) electrons. The highest BCUT2D eigenvalue weighted by molar-refractivity contribution is 5.80. The minimum absolute atomic E-state index is 0.642. The van der Waals surface area contributed by atoms with Crippen LogP contribution < -0.4 is 0 Å². The summed E-state index contributed by atoms with van der Waals surface area (Å²) in [7, 11) is 0. The van der Waals surface area contributed by atoms with Gasteiger partial charge in [0.05, 0.1) is 0 Å². The summed E-state index contributed by atoms with van der Waals surface area (Å²) in [5, 5.41) is 1.28. The lowest BCUT2D eigenvalue weighted by Crippen LogP contribution is -2.00. The number of aromatic nitrogens is 1. The van der Waals surface area contributed by atoms with E-state index in [9.17, 15) is 0 Å². The van der Waals surface area contributed by atoms with Gasteiger partial charge in [-0.2, -0.15) is 0 Å². The zero-order chi connectivity index (χ0) is 9.97. The maximum atomic E-state index is 5.38. The lowest BCUT2D eigenvalue weighted by atomic mass is 10.2. The Labute approximate surface area is 84.1 Å². The molecule has 0 atom stereocenters. The van der Waals surface area contributed by atoms with E-state index in [4.69, 9.17) is 4.74 Å². The van der Waals surface area contributed by atoms with E-state index in [-0.39, 0.29) is 0 Å². The van der Waals surface area contributed by atoms with E-state index < -0.39 is 0 Å². The van der Waals surface area contributed by atoms with Crippen molar-refractivity contribution in [1.29, 1.82) is 0 Å². The van der Waals surface area contributed by atoms with E-state index in [1.165, 1.54) is 16.5 Å². The average Bonchev–Trinajstić information content (AvgIpc) is 2.57. The largest absolute Gasteiger partial charge is 0.361 e. The first kappa shape index (κ1) is 9.28. The van der Waals surface area contributed by atoms with Gasteiger partial charge in [0.25, 0.3) is 0 Å². The lowest BCUT2D eigenvalue weighted by Gasteiger charge is -2.04. The molecule has 0 aliphatic rings. The van der Waals surface area contributed by atoms with Gasteiger partial charge in [-0.15, -0.1) is 0 Å². The minimum atomic E-state index is 0.642. The van der Waals surface area contributed by atoms with Crippen molar-refractivity contribution in [3.63, 3.8) is 0 Å². The number of rotatable bonds is 3. The highest BCUT2D eigenvalue weighted by Gasteiger charge is 1.99. The molecular weight excluding hydrogens is 174 g/mol. The Kier molecular flexibility index (Phi) is 2.55. The van der Waals surface area contributed by atoms with Crippen LogP contribution in [0.25, 0.3) is 10.9 Å². The number of hydrogen-bond donors (Lipinski definition) is 0. The summed E-state index contributed by atoms with van der Waals surface area (Å²) in [6.07, 6.45) is 2.07. The van der Waals surface area contributed by atoms with Gasteiger partial charge in [0, 0.05) is 18.3 Å². The first-order valence-corrected chi connectivity index (χ1v) is 4.94. The second-order valence-corrected chi connectivity index (χ2v) is 3.47. The van der Waals surface area contributed by atoms with E-state index in [1.807, 2.05) is 6.92 Å². The van der Waals surface area contributed by atoms with Crippen LogP contribution in [-0.4, -0.2) is 11.2 Å². The number of ether oxygens (including phenoxy) is 1. The number of benzene rings is 1. The molecule has 0 aliphatic heterocycles. The average molecular weight is 189 g/mol. The van der Waals surface area contributed by atoms with Crippen molar-refractivity contribution in [3.05, 3.63) is 36.0 Å². The van der Waals surface area contributed by atoms with Crippen molar-refractivity contribution in [2.75, 3.05) is 6.61 Å². The summed E-state index contributed by atoms with van der Waals surface area (Å²) in [6, 6.07) is 8.59. The summed E-state index contributed by atoms with van der Waals surface area (Å²) < 4.78 is 7.50. The Morgan fingerprint density at radius 3 is 2.93 bits per heavy atom. The van der Waals surface area contributed by atoms with E-state index in [0.717, 1.165) is 6.61 Å². The highest BCUT2D eigenvalue weighted by Crippen LogP contribution is 2.17. The second-order valence-electron chi connectivity index (χ2n) is 3.47. The van der Waals surface area contributed by atoms with Crippen molar-refractivity contribution in [1.82, 2.24) is 4.57 Å². The Hall–Kier alpha value is -1.28. The molecular formula is C12H15NO. The van der Waals surface area contributed by atoms with Gasteiger partial charge in [0.1, 0.15) is 6.73 Å². The number of hydrogen-bond acceptors (Lipinski definition) is 1. The fraction of sp³-hybridized carbons (Fsp3) is 0.333. The van der Waals surface area contributed by atoms with Gasteiger partial charge in [-0.3, -0.25) is 0 Å². The molecule has 2 aromatic rings. The van der Waals surface area contributed by atoms with Gasteiger partial charge in [-0.1, -0.05) is 11.6 Å². The molecule has 0 spiro atoms. The van der Waals surface area contributed by atoms with Crippen LogP contribution in [0.1, 0.15) is 12.5 Å². The number of aryl methyl sites for hydroxylation is 1. The standard InChI is InChI=1S/C12H15NO/c1-3-14-9-13-7-6-11-8-10(2)4-5-12(11)13/h4-8H,3,9H2,1-2H3. The molecule has 0 bridgehead atoms. The van der Waals surface area contributed by atoms with Crippen molar-refractivity contribution in [2.24, 2.45) is 0 Å². The maximum absolute atomic E-state index is 5.38. The smallest absolute Gasteiger partial charge is 0.122 e. The first-order valence-electron chi connectivity index (χ1n) is 4.94. The fourth-order valence-electron chi connectivity index (χ4n) is 1.62. The molecule has 2 heteroatoms. The predicted octanol–water partition coefficient (Wildman–Crippen LogP) is 2.94. The third-order valence-electron chi connectivity index (χ3n) is 2.36. The normalized spacial score (nSPS) is 11.0. The molecule has 2 nitrogen and oxygen atoms in total. The Morgan fingerprint density at radius 2 is 2.14 bits per heavy atom. The quantitative estimate of drug-likeness (QED) is 0.724. The van der Waals surface area contributed by atoms with E-state index in [0.29, 0.717) is 6.73 Å². The molecule has 0 unspecified atom stereocenters. The molecule has 0 fully saturated rings. The number of nitrogens with zero attached hydrogens (tertiary/aromatic N) is 1. The van der Waals surface area contributed by atoms with E-state index >= 15 is 0 Å².